The molecule has 0 saturated carbocycles. The van der Waals surface area contributed by atoms with Gasteiger partial charge in [0.15, 0.2) is 17.0 Å². The fourth-order valence-electron chi connectivity index (χ4n) is 6.35. The smallest absolute Gasteiger partial charge is 0.170 e. The molecule has 9 rings (SSSR count). The predicted octanol–water partition coefficient (Wildman–Crippen LogP) is 8.01. The molecule has 0 aliphatic rings. The van der Waals surface area contributed by atoms with Crippen LogP contribution in [-0.2, 0) is 0 Å². The summed E-state index contributed by atoms with van der Waals surface area (Å²) in [5.41, 5.74) is 8.17. The molecule has 0 aliphatic carbocycles. The van der Waals surface area contributed by atoms with E-state index in [4.69, 9.17) is 9.97 Å². The Morgan fingerprint density at radius 3 is 1.90 bits per heavy atom. The fraction of sp³-hybridized carbons (Fsp3) is 0. The zero-order valence-electron chi connectivity index (χ0n) is 21.9. The van der Waals surface area contributed by atoms with Gasteiger partial charge in [0.2, 0.25) is 0 Å². The highest BCUT2D eigenvalue weighted by Crippen LogP contribution is 2.42. The number of rotatable bonds is 3. The lowest BCUT2D eigenvalue weighted by Gasteiger charge is -2.10. The molecule has 9 aromatic rings. The first-order valence-electron chi connectivity index (χ1n) is 13.6. The lowest BCUT2D eigenvalue weighted by Crippen LogP contribution is -2.01. The summed E-state index contributed by atoms with van der Waals surface area (Å²) in [5.74, 6) is 0.764. The number of imidazole rings is 1. The van der Waals surface area contributed by atoms with Crippen LogP contribution in [0.1, 0.15) is 0 Å². The number of hydrogen-bond donors (Lipinski definition) is 0. The molecule has 4 heterocycles. The second kappa shape index (κ2) is 8.37. The minimum atomic E-state index is 0.753. The summed E-state index contributed by atoms with van der Waals surface area (Å²) in [7, 11) is 0. The maximum absolute atomic E-state index is 4.88. The van der Waals surface area contributed by atoms with E-state index < -0.39 is 0 Å². The number of para-hydroxylation sites is 4. The van der Waals surface area contributed by atoms with E-state index in [9.17, 15) is 0 Å². The highest BCUT2D eigenvalue weighted by molar-refractivity contribution is 6.26. The molecular weight excluding hydrogens is 504 g/mol. The van der Waals surface area contributed by atoms with E-state index in [0.29, 0.717) is 0 Å². The lowest BCUT2D eigenvalue weighted by molar-refractivity contribution is 1.04. The van der Waals surface area contributed by atoms with Crippen molar-refractivity contribution in [2.24, 2.45) is 0 Å². The SMILES string of the molecule is c1ccc(-n2cnc3c(-n4c5ccccc5c5ccc6c(c7ccccc7n6-c6ccccc6)c54)ncnc32)cc1. The van der Waals surface area contributed by atoms with Gasteiger partial charge in [-0.25, -0.2) is 15.0 Å². The van der Waals surface area contributed by atoms with Crippen molar-refractivity contribution in [1.29, 1.82) is 0 Å². The maximum Gasteiger partial charge on any atom is 0.170 e. The molecule has 6 nitrogen and oxygen atoms in total. The molecule has 41 heavy (non-hydrogen) atoms. The molecule has 0 bridgehead atoms. The van der Waals surface area contributed by atoms with Gasteiger partial charge in [0.1, 0.15) is 12.7 Å². The highest BCUT2D eigenvalue weighted by Gasteiger charge is 2.23. The van der Waals surface area contributed by atoms with Crippen molar-refractivity contribution in [3.05, 3.63) is 134 Å². The van der Waals surface area contributed by atoms with Crippen LogP contribution in [0.15, 0.2) is 134 Å². The van der Waals surface area contributed by atoms with Gasteiger partial charge in [-0.3, -0.25) is 9.13 Å². The number of benzene rings is 5. The van der Waals surface area contributed by atoms with Crippen LogP contribution in [-0.4, -0.2) is 28.7 Å². The van der Waals surface area contributed by atoms with Crippen LogP contribution in [0.5, 0.6) is 0 Å². The van der Waals surface area contributed by atoms with Crippen LogP contribution in [0.25, 0.3) is 72.0 Å². The van der Waals surface area contributed by atoms with Crippen LogP contribution < -0.4 is 0 Å². The molecule has 0 atom stereocenters. The molecule has 0 radical (unpaired) electrons. The minimum Gasteiger partial charge on any atom is -0.309 e. The van der Waals surface area contributed by atoms with Crippen molar-refractivity contribution < 1.29 is 0 Å². The number of nitrogens with zero attached hydrogens (tertiary/aromatic N) is 6. The molecule has 0 unspecified atom stereocenters. The first-order valence-corrected chi connectivity index (χ1v) is 13.6. The molecule has 0 fully saturated rings. The predicted molar refractivity (Wildman–Crippen MR) is 165 cm³/mol. The van der Waals surface area contributed by atoms with Crippen molar-refractivity contribution in [2.75, 3.05) is 0 Å². The van der Waals surface area contributed by atoms with E-state index >= 15 is 0 Å². The lowest BCUT2D eigenvalue weighted by atomic mass is 10.1. The summed E-state index contributed by atoms with van der Waals surface area (Å²) >= 11 is 0. The Bertz CT molecular complexity index is 2410. The third-order valence-electron chi connectivity index (χ3n) is 8.04. The van der Waals surface area contributed by atoms with Gasteiger partial charge in [-0.1, -0.05) is 78.9 Å². The summed E-state index contributed by atoms with van der Waals surface area (Å²) in [6, 6.07) is 42.4. The van der Waals surface area contributed by atoms with E-state index in [1.54, 1.807) is 6.33 Å². The number of aromatic nitrogens is 6. The van der Waals surface area contributed by atoms with Crippen molar-refractivity contribution in [1.82, 2.24) is 28.7 Å². The molecular formula is C35H22N6. The quantitative estimate of drug-likeness (QED) is 0.234. The van der Waals surface area contributed by atoms with Gasteiger partial charge >= 0.3 is 0 Å². The summed E-state index contributed by atoms with van der Waals surface area (Å²) in [6.07, 6.45) is 3.48. The Hall–Kier alpha value is -5.75. The summed E-state index contributed by atoms with van der Waals surface area (Å²) in [5, 5.41) is 4.74. The molecule has 4 aromatic heterocycles. The second-order valence-corrected chi connectivity index (χ2v) is 10.2. The van der Waals surface area contributed by atoms with Crippen molar-refractivity contribution in [3.8, 4) is 17.2 Å². The van der Waals surface area contributed by atoms with E-state index in [2.05, 4.69) is 117 Å². The van der Waals surface area contributed by atoms with Gasteiger partial charge in [0.25, 0.3) is 0 Å². The van der Waals surface area contributed by atoms with Gasteiger partial charge in [0, 0.05) is 32.9 Å². The van der Waals surface area contributed by atoms with Crippen molar-refractivity contribution >= 4 is 54.8 Å². The normalized spacial score (nSPS) is 11.9. The van der Waals surface area contributed by atoms with E-state index in [1.165, 1.54) is 27.1 Å². The highest BCUT2D eigenvalue weighted by atomic mass is 15.2. The molecule has 0 N–H and O–H groups in total. The summed E-state index contributed by atoms with van der Waals surface area (Å²) in [4.78, 5) is 14.4. The van der Waals surface area contributed by atoms with E-state index in [-0.39, 0.29) is 0 Å². The van der Waals surface area contributed by atoms with Crippen LogP contribution in [0.3, 0.4) is 0 Å². The summed E-state index contributed by atoms with van der Waals surface area (Å²) in [6.45, 7) is 0. The topological polar surface area (TPSA) is 53.5 Å². The van der Waals surface area contributed by atoms with Gasteiger partial charge in [-0.15, -0.1) is 0 Å². The van der Waals surface area contributed by atoms with Crippen molar-refractivity contribution in [2.45, 2.75) is 0 Å². The molecule has 0 spiro atoms. The zero-order valence-corrected chi connectivity index (χ0v) is 21.9. The van der Waals surface area contributed by atoms with Gasteiger partial charge < -0.3 is 4.57 Å². The summed E-state index contributed by atoms with van der Waals surface area (Å²) < 4.78 is 6.65. The molecule has 6 heteroatoms. The average molecular weight is 527 g/mol. The second-order valence-electron chi connectivity index (χ2n) is 10.2. The Balaban J connectivity index is 1.47. The van der Waals surface area contributed by atoms with Crippen LogP contribution in [0.4, 0.5) is 0 Å². The Morgan fingerprint density at radius 2 is 1.12 bits per heavy atom. The first kappa shape index (κ1) is 22.1. The monoisotopic (exact) mass is 526 g/mol. The zero-order chi connectivity index (χ0) is 26.9. The van der Waals surface area contributed by atoms with Crippen LogP contribution in [0, 0.1) is 0 Å². The fourth-order valence-corrected chi connectivity index (χ4v) is 6.35. The molecule has 0 saturated heterocycles. The largest absolute Gasteiger partial charge is 0.309 e. The Labute approximate surface area is 234 Å². The minimum absolute atomic E-state index is 0.753. The molecule has 0 amide bonds. The van der Waals surface area contributed by atoms with Crippen molar-refractivity contribution in [3.63, 3.8) is 0 Å². The maximum atomic E-state index is 4.88. The Morgan fingerprint density at radius 1 is 0.463 bits per heavy atom. The van der Waals surface area contributed by atoms with E-state index in [0.717, 1.165) is 44.9 Å². The first-order chi connectivity index (χ1) is 20.4. The molecule has 5 aromatic carbocycles. The van der Waals surface area contributed by atoms with Gasteiger partial charge in [-0.05, 0) is 42.5 Å². The molecule has 0 aliphatic heterocycles. The van der Waals surface area contributed by atoms with E-state index in [1.807, 2.05) is 29.1 Å². The standard InChI is InChI=1S/C35H22N6/c1-3-11-23(12-4-1)39-22-38-32-34(39)36-21-37-35(32)41-28-17-9-7-15-25(28)26-19-20-30-31(33(26)41)27-16-8-10-18-29(27)40(30)24-13-5-2-6-14-24/h1-22H. The third-order valence-corrected chi connectivity index (χ3v) is 8.04. The van der Waals surface area contributed by atoms with Gasteiger partial charge in [0.05, 0.1) is 22.1 Å². The molecule has 192 valence electrons. The average Bonchev–Trinajstić information content (AvgIpc) is 3.72. The van der Waals surface area contributed by atoms with Crippen LogP contribution in [0.2, 0.25) is 0 Å². The Kier molecular flexibility index (Phi) is 4.51. The number of hydrogen-bond acceptors (Lipinski definition) is 3. The van der Waals surface area contributed by atoms with Crippen LogP contribution >= 0.6 is 0 Å². The third kappa shape index (κ3) is 3.04. The van der Waals surface area contributed by atoms with Gasteiger partial charge in [-0.2, -0.15) is 0 Å². The number of fused-ring (bicyclic) bond motifs is 8.